The molecule has 0 bridgehead atoms. The average Bonchev–Trinajstić information content (AvgIpc) is 2.36. The summed E-state index contributed by atoms with van der Waals surface area (Å²) in [4.78, 5) is 9.54. The van der Waals surface area contributed by atoms with Gasteiger partial charge in [0.25, 0.3) is 10.1 Å². The van der Waals surface area contributed by atoms with Gasteiger partial charge in [0.1, 0.15) is 0 Å². The van der Waals surface area contributed by atoms with Gasteiger partial charge in [-0.25, -0.2) is 0 Å². The smallest absolute Gasteiger partial charge is 0.294 e. The second-order valence-electron chi connectivity index (χ2n) is 3.83. The van der Waals surface area contributed by atoms with Crippen LogP contribution >= 0.6 is 0 Å². The topological polar surface area (TPSA) is 107 Å². The molecule has 2 N–H and O–H groups in total. The molecule has 8 heteroatoms. The van der Waals surface area contributed by atoms with E-state index in [4.69, 9.17) is 9.66 Å². The third-order valence-corrected chi connectivity index (χ3v) is 2.97. The van der Waals surface area contributed by atoms with Crippen LogP contribution in [0.25, 0.3) is 0 Å². The lowest BCUT2D eigenvalue weighted by molar-refractivity contribution is 0.250. The first-order valence-electron chi connectivity index (χ1n) is 5.50. The van der Waals surface area contributed by atoms with Gasteiger partial charge in [-0.1, -0.05) is 17.7 Å². The fourth-order valence-corrected chi connectivity index (χ4v) is 1.53. The van der Waals surface area contributed by atoms with Gasteiger partial charge in [-0.2, -0.15) is 8.42 Å². The molecule has 0 fully saturated rings. The Bertz CT molecular complexity index is 472. The first-order valence-corrected chi connectivity index (χ1v) is 6.94. The van der Waals surface area contributed by atoms with E-state index in [1.54, 1.807) is 19.2 Å². The average molecular weight is 290 g/mol. The number of aliphatic hydroxyl groups is 1. The van der Waals surface area contributed by atoms with Gasteiger partial charge >= 0.3 is 0 Å². The summed E-state index contributed by atoms with van der Waals surface area (Å²) in [5.74, 6) is 0. The minimum Gasteiger partial charge on any atom is -0.396 e. The van der Waals surface area contributed by atoms with Crippen molar-refractivity contribution in [1.82, 2.24) is 5.01 Å². The highest BCUT2D eigenvalue weighted by Crippen LogP contribution is 2.08. The highest BCUT2D eigenvalue weighted by molar-refractivity contribution is 7.85. The van der Waals surface area contributed by atoms with Crippen molar-refractivity contribution in [2.24, 2.45) is 5.29 Å². The second kappa shape index (κ2) is 8.57. The van der Waals surface area contributed by atoms with Crippen molar-refractivity contribution in [2.75, 3.05) is 20.2 Å². The molecule has 0 atom stereocenters. The van der Waals surface area contributed by atoms with Crippen molar-refractivity contribution in [3.8, 4) is 0 Å². The molecule has 0 aliphatic heterocycles. The molecule has 0 saturated heterocycles. The fourth-order valence-electron chi connectivity index (χ4n) is 1.05. The SMILES string of the molecule is CN(CCCO)N=O.Cc1ccc(S(=O)(=O)O)cc1. The highest BCUT2D eigenvalue weighted by atomic mass is 32.2. The molecule has 0 radical (unpaired) electrons. The molecule has 108 valence electrons. The molecule has 0 unspecified atom stereocenters. The number of nitroso groups, excluding NO2 is 1. The monoisotopic (exact) mass is 290 g/mol. The van der Waals surface area contributed by atoms with Crippen LogP contribution in [0.1, 0.15) is 12.0 Å². The summed E-state index contributed by atoms with van der Waals surface area (Å²) in [7, 11) is -2.45. The Morgan fingerprint density at radius 2 is 1.79 bits per heavy atom. The van der Waals surface area contributed by atoms with Crippen LogP contribution in [-0.4, -0.2) is 43.3 Å². The van der Waals surface area contributed by atoms with Crippen molar-refractivity contribution < 1.29 is 18.1 Å². The van der Waals surface area contributed by atoms with E-state index < -0.39 is 10.1 Å². The zero-order valence-electron chi connectivity index (χ0n) is 10.9. The third kappa shape index (κ3) is 8.25. The number of rotatable bonds is 5. The van der Waals surface area contributed by atoms with E-state index >= 15 is 0 Å². The van der Waals surface area contributed by atoms with Gasteiger partial charge in [-0.15, -0.1) is 4.91 Å². The molecule has 1 rings (SSSR count). The van der Waals surface area contributed by atoms with E-state index in [1.807, 2.05) is 6.92 Å². The van der Waals surface area contributed by atoms with E-state index in [0.29, 0.717) is 13.0 Å². The molecule has 0 spiro atoms. The van der Waals surface area contributed by atoms with Crippen molar-refractivity contribution in [1.29, 1.82) is 0 Å². The first-order chi connectivity index (χ1) is 8.81. The van der Waals surface area contributed by atoms with Gasteiger partial charge in [0.15, 0.2) is 0 Å². The zero-order chi connectivity index (χ0) is 14.9. The summed E-state index contributed by atoms with van der Waals surface area (Å²) in [6.07, 6.45) is 0.599. The fraction of sp³-hybridized carbons (Fsp3) is 0.455. The minimum absolute atomic E-state index is 0.0666. The number of aryl methyl sites for hydroxylation is 1. The van der Waals surface area contributed by atoms with E-state index in [2.05, 4.69) is 5.29 Å². The van der Waals surface area contributed by atoms with Crippen LogP contribution in [0.3, 0.4) is 0 Å². The largest absolute Gasteiger partial charge is 0.396 e. The van der Waals surface area contributed by atoms with Gasteiger partial charge in [0.05, 0.1) is 10.2 Å². The Morgan fingerprint density at radius 3 is 2.16 bits per heavy atom. The second-order valence-corrected chi connectivity index (χ2v) is 5.25. The van der Waals surface area contributed by atoms with E-state index in [1.165, 1.54) is 17.1 Å². The van der Waals surface area contributed by atoms with Crippen LogP contribution in [0.15, 0.2) is 34.4 Å². The van der Waals surface area contributed by atoms with Crippen LogP contribution < -0.4 is 0 Å². The zero-order valence-corrected chi connectivity index (χ0v) is 11.7. The number of nitrogens with zero attached hydrogens (tertiary/aromatic N) is 2. The van der Waals surface area contributed by atoms with Crippen LogP contribution in [-0.2, 0) is 10.1 Å². The highest BCUT2D eigenvalue weighted by Gasteiger charge is 2.06. The van der Waals surface area contributed by atoms with Gasteiger partial charge in [-0.05, 0) is 25.5 Å². The standard InChI is InChI=1S/C7H8O3S.C4H10N2O2/c1-6-2-4-7(5-3-6)11(8,9)10;1-6(5-8)3-2-4-7/h2-5H,1H3,(H,8,9,10);7H,2-4H2,1H3. The summed E-state index contributed by atoms with van der Waals surface area (Å²) in [6.45, 7) is 2.48. The molecule has 19 heavy (non-hydrogen) atoms. The van der Waals surface area contributed by atoms with Crippen LogP contribution in [0.2, 0.25) is 0 Å². The van der Waals surface area contributed by atoms with Crippen LogP contribution in [0.4, 0.5) is 0 Å². The molecule has 0 heterocycles. The van der Waals surface area contributed by atoms with Crippen molar-refractivity contribution in [3.63, 3.8) is 0 Å². The Morgan fingerprint density at radius 1 is 1.26 bits per heavy atom. The Kier molecular flexibility index (Phi) is 7.89. The van der Waals surface area contributed by atoms with Gasteiger partial charge in [0.2, 0.25) is 0 Å². The van der Waals surface area contributed by atoms with Crippen molar-refractivity contribution in [3.05, 3.63) is 34.7 Å². The number of hydrogen-bond donors (Lipinski definition) is 2. The number of hydrogen-bond acceptors (Lipinski definition) is 5. The van der Waals surface area contributed by atoms with Crippen molar-refractivity contribution >= 4 is 10.1 Å². The predicted octanol–water partition coefficient (Wildman–Crippen LogP) is 1.22. The maximum Gasteiger partial charge on any atom is 0.294 e. The van der Waals surface area contributed by atoms with Gasteiger partial charge < -0.3 is 5.11 Å². The predicted molar refractivity (Wildman–Crippen MR) is 71.1 cm³/mol. The summed E-state index contributed by atoms with van der Waals surface area (Å²) in [5, 5.41) is 12.1. The summed E-state index contributed by atoms with van der Waals surface area (Å²) >= 11 is 0. The molecule has 0 aliphatic rings. The lowest BCUT2D eigenvalue weighted by atomic mass is 10.2. The third-order valence-electron chi connectivity index (χ3n) is 2.10. The van der Waals surface area contributed by atoms with E-state index in [-0.39, 0.29) is 11.5 Å². The lowest BCUT2D eigenvalue weighted by Gasteiger charge is -2.04. The first kappa shape index (κ1) is 17.5. The minimum atomic E-state index is -4.02. The van der Waals surface area contributed by atoms with Gasteiger partial charge in [0, 0.05) is 20.2 Å². The summed E-state index contributed by atoms with van der Waals surface area (Å²) < 4.78 is 29.6. The van der Waals surface area contributed by atoms with Crippen LogP contribution in [0, 0.1) is 11.8 Å². The summed E-state index contributed by atoms with van der Waals surface area (Å²) in [5.41, 5.74) is 0.956. The molecule has 1 aromatic rings. The van der Waals surface area contributed by atoms with Crippen LogP contribution in [0.5, 0.6) is 0 Å². The van der Waals surface area contributed by atoms with Crippen molar-refractivity contribution in [2.45, 2.75) is 18.2 Å². The number of benzene rings is 1. The van der Waals surface area contributed by atoms with E-state index in [0.717, 1.165) is 5.56 Å². The molecular weight excluding hydrogens is 272 g/mol. The lowest BCUT2D eigenvalue weighted by Crippen LogP contribution is -2.12. The maximum absolute atomic E-state index is 10.5. The Labute approximate surface area is 112 Å². The molecule has 0 aliphatic carbocycles. The van der Waals surface area contributed by atoms with E-state index in [9.17, 15) is 13.3 Å². The van der Waals surface area contributed by atoms with Gasteiger partial charge in [-0.3, -0.25) is 9.56 Å². The quantitative estimate of drug-likeness (QED) is 0.479. The number of aliphatic hydroxyl groups excluding tert-OH is 1. The Balaban J connectivity index is 0.000000362. The molecule has 1 aromatic carbocycles. The molecule has 0 saturated carbocycles. The molecule has 0 aromatic heterocycles. The molecule has 7 nitrogen and oxygen atoms in total. The normalized spacial score (nSPS) is 10.3. The summed E-state index contributed by atoms with van der Waals surface area (Å²) in [6, 6.07) is 5.99. The Hall–Kier alpha value is -1.51. The maximum atomic E-state index is 10.5. The molecular formula is C11H18N2O5S. The molecule has 0 amide bonds.